The Bertz CT molecular complexity index is 894. The Hall–Kier alpha value is -2.44. The number of rotatable bonds is 2. The quantitative estimate of drug-likeness (QED) is 0.747. The molecule has 8 heteroatoms. The van der Waals surface area contributed by atoms with Gasteiger partial charge < -0.3 is 11.5 Å². The molecule has 0 bridgehead atoms. The number of hydrogen-bond donors (Lipinski definition) is 2. The molecule has 0 unspecified atom stereocenters. The van der Waals surface area contributed by atoms with Gasteiger partial charge in [0.25, 0.3) is 0 Å². The third-order valence-corrected chi connectivity index (χ3v) is 3.60. The predicted octanol–water partition coefficient (Wildman–Crippen LogP) is 3.06. The summed E-state index contributed by atoms with van der Waals surface area (Å²) >= 11 is 11.8. The molecule has 2 heterocycles. The molecule has 0 saturated carbocycles. The summed E-state index contributed by atoms with van der Waals surface area (Å²) in [5, 5.41) is 0.994. The van der Waals surface area contributed by atoms with E-state index in [0.29, 0.717) is 26.9 Å². The number of anilines is 2. The SMILES string of the molecule is Nc1nc(N)c2ncc(C=Cc3ccc(Cl)c(Cl)c3)nc2n1. The summed E-state index contributed by atoms with van der Waals surface area (Å²) in [5.74, 6) is 0.264. The highest BCUT2D eigenvalue weighted by Gasteiger charge is 2.06. The van der Waals surface area contributed by atoms with Crippen LogP contribution in [-0.4, -0.2) is 19.9 Å². The van der Waals surface area contributed by atoms with Crippen molar-refractivity contribution in [1.29, 1.82) is 0 Å². The number of aromatic nitrogens is 4. The summed E-state index contributed by atoms with van der Waals surface area (Å²) in [4.78, 5) is 16.4. The number of halogens is 2. The largest absolute Gasteiger partial charge is 0.382 e. The molecule has 0 aliphatic rings. The highest BCUT2D eigenvalue weighted by molar-refractivity contribution is 6.42. The van der Waals surface area contributed by atoms with E-state index in [1.54, 1.807) is 24.4 Å². The van der Waals surface area contributed by atoms with Gasteiger partial charge in [-0.05, 0) is 23.8 Å². The number of nitrogen functional groups attached to an aromatic ring is 2. The molecule has 22 heavy (non-hydrogen) atoms. The van der Waals surface area contributed by atoms with E-state index in [0.717, 1.165) is 5.56 Å². The smallest absolute Gasteiger partial charge is 0.224 e. The van der Waals surface area contributed by atoms with Gasteiger partial charge in [0.1, 0.15) is 5.52 Å². The standard InChI is InChI=1S/C14H10Cl2N6/c15-9-4-2-7(5-10(9)16)1-3-8-6-19-11-12(17)21-14(18)22-13(11)20-8/h1-6H,(H4,17,18,20,21,22). The van der Waals surface area contributed by atoms with Crippen molar-refractivity contribution in [3.05, 3.63) is 45.7 Å². The topological polar surface area (TPSA) is 104 Å². The lowest BCUT2D eigenvalue weighted by Crippen LogP contribution is -2.03. The Kier molecular flexibility index (Phi) is 3.79. The van der Waals surface area contributed by atoms with Crippen LogP contribution in [0.2, 0.25) is 10.0 Å². The minimum absolute atomic E-state index is 0.0601. The van der Waals surface area contributed by atoms with E-state index >= 15 is 0 Å². The van der Waals surface area contributed by atoms with Crippen LogP contribution in [-0.2, 0) is 0 Å². The van der Waals surface area contributed by atoms with Crippen LogP contribution in [0.5, 0.6) is 0 Å². The Morgan fingerprint density at radius 3 is 2.55 bits per heavy atom. The summed E-state index contributed by atoms with van der Waals surface area (Å²) < 4.78 is 0. The van der Waals surface area contributed by atoms with Crippen molar-refractivity contribution in [3.8, 4) is 0 Å². The number of nitrogens with two attached hydrogens (primary N) is 2. The fourth-order valence-corrected chi connectivity index (χ4v) is 2.15. The molecule has 0 spiro atoms. The van der Waals surface area contributed by atoms with E-state index in [1.165, 1.54) is 0 Å². The van der Waals surface area contributed by atoms with Crippen molar-refractivity contribution in [2.45, 2.75) is 0 Å². The summed E-state index contributed by atoms with van der Waals surface area (Å²) in [5.41, 5.74) is 13.5. The Morgan fingerprint density at radius 2 is 1.77 bits per heavy atom. The van der Waals surface area contributed by atoms with Gasteiger partial charge >= 0.3 is 0 Å². The molecule has 3 aromatic rings. The maximum atomic E-state index is 5.97. The zero-order chi connectivity index (χ0) is 15.7. The maximum absolute atomic E-state index is 5.97. The van der Waals surface area contributed by atoms with Crippen molar-refractivity contribution < 1.29 is 0 Å². The second-order valence-corrected chi connectivity index (χ2v) is 5.26. The monoisotopic (exact) mass is 332 g/mol. The molecular formula is C14H10Cl2N6. The predicted molar refractivity (Wildman–Crippen MR) is 89.3 cm³/mol. The fraction of sp³-hybridized carbons (Fsp3) is 0. The molecule has 2 aromatic heterocycles. The van der Waals surface area contributed by atoms with Gasteiger partial charge in [-0.15, -0.1) is 0 Å². The highest BCUT2D eigenvalue weighted by Crippen LogP contribution is 2.23. The first-order chi connectivity index (χ1) is 10.5. The Morgan fingerprint density at radius 1 is 0.955 bits per heavy atom. The average molecular weight is 333 g/mol. The van der Waals surface area contributed by atoms with Crippen molar-refractivity contribution in [3.63, 3.8) is 0 Å². The minimum atomic E-state index is 0.0601. The third kappa shape index (κ3) is 2.93. The van der Waals surface area contributed by atoms with Gasteiger partial charge in [-0.25, -0.2) is 9.97 Å². The van der Waals surface area contributed by atoms with Gasteiger partial charge in [-0.1, -0.05) is 35.3 Å². The number of nitrogens with zero attached hydrogens (tertiary/aromatic N) is 4. The second kappa shape index (κ2) is 5.75. The van der Waals surface area contributed by atoms with Gasteiger partial charge in [0.05, 0.1) is 21.9 Å². The zero-order valence-electron chi connectivity index (χ0n) is 11.2. The number of benzene rings is 1. The molecule has 0 radical (unpaired) electrons. The van der Waals surface area contributed by atoms with Crippen LogP contribution in [0.3, 0.4) is 0 Å². The first kappa shape index (κ1) is 14.5. The van der Waals surface area contributed by atoms with E-state index in [1.807, 2.05) is 12.1 Å². The third-order valence-electron chi connectivity index (χ3n) is 2.86. The Balaban J connectivity index is 1.96. The normalized spacial score (nSPS) is 11.4. The minimum Gasteiger partial charge on any atom is -0.382 e. The van der Waals surface area contributed by atoms with Gasteiger partial charge in [0, 0.05) is 0 Å². The molecule has 0 amide bonds. The van der Waals surface area contributed by atoms with E-state index < -0.39 is 0 Å². The summed E-state index contributed by atoms with van der Waals surface area (Å²) in [7, 11) is 0. The lowest BCUT2D eigenvalue weighted by atomic mass is 10.2. The lowest BCUT2D eigenvalue weighted by molar-refractivity contribution is 1.16. The highest BCUT2D eigenvalue weighted by atomic mass is 35.5. The van der Waals surface area contributed by atoms with Crippen LogP contribution < -0.4 is 11.5 Å². The number of hydrogen-bond acceptors (Lipinski definition) is 6. The van der Waals surface area contributed by atoms with Crippen LogP contribution >= 0.6 is 23.2 Å². The molecule has 0 aliphatic heterocycles. The van der Waals surface area contributed by atoms with Crippen molar-refractivity contribution in [1.82, 2.24) is 19.9 Å². The van der Waals surface area contributed by atoms with Crippen LogP contribution in [0.4, 0.5) is 11.8 Å². The Labute approximate surface area is 135 Å². The first-order valence-corrected chi connectivity index (χ1v) is 6.97. The van der Waals surface area contributed by atoms with Crippen molar-refractivity contribution in [2.75, 3.05) is 11.5 Å². The summed E-state index contributed by atoms with van der Waals surface area (Å²) in [6.45, 7) is 0. The van der Waals surface area contributed by atoms with Crippen molar-refractivity contribution in [2.24, 2.45) is 0 Å². The van der Waals surface area contributed by atoms with Gasteiger partial charge in [0.15, 0.2) is 11.5 Å². The van der Waals surface area contributed by atoms with E-state index in [-0.39, 0.29) is 11.8 Å². The molecule has 4 N–H and O–H groups in total. The molecule has 0 atom stereocenters. The maximum Gasteiger partial charge on any atom is 0.224 e. The average Bonchev–Trinajstić information content (AvgIpc) is 2.48. The van der Waals surface area contributed by atoms with Gasteiger partial charge in [0.2, 0.25) is 5.95 Å². The molecular weight excluding hydrogens is 323 g/mol. The van der Waals surface area contributed by atoms with Crippen LogP contribution in [0.15, 0.2) is 24.4 Å². The zero-order valence-corrected chi connectivity index (χ0v) is 12.7. The molecule has 0 saturated heterocycles. The summed E-state index contributed by atoms with van der Waals surface area (Å²) in [6.07, 6.45) is 5.19. The number of fused-ring (bicyclic) bond motifs is 1. The van der Waals surface area contributed by atoms with Crippen LogP contribution in [0.1, 0.15) is 11.3 Å². The summed E-state index contributed by atoms with van der Waals surface area (Å²) in [6, 6.07) is 5.33. The lowest BCUT2D eigenvalue weighted by Gasteiger charge is -2.01. The molecule has 0 fully saturated rings. The van der Waals surface area contributed by atoms with Crippen LogP contribution in [0, 0.1) is 0 Å². The van der Waals surface area contributed by atoms with Gasteiger partial charge in [-0.3, -0.25) is 0 Å². The molecule has 110 valence electrons. The second-order valence-electron chi connectivity index (χ2n) is 4.44. The van der Waals surface area contributed by atoms with E-state index in [9.17, 15) is 0 Å². The van der Waals surface area contributed by atoms with Crippen LogP contribution in [0.25, 0.3) is 23.3 Å². The van der Waals surface area contributed by atoms with E-state index in [4.69, 9.17) is 34.7 Å². The molecule has 0 aliphatic carbocycles. The van der Waals surface area contributed by atoms with Gasteiger partial charge in [-0.2, -0.15) is 9.97 Å². The molecule has 1 aromatic carbocycles. The molecule has 3 rings (SSSR count). The molecule has 6 nitrogen and oxygen atoms in total. The fourth-order valence-electron chi connectivity index (χ4n) is 1.84. The van der Waals surface area contributed by atoms with E-state index in [2.05, 4.69) is 19.9 Å². The van der Waals surface area contributed by atoms with Crippen molar-refractivity contribution >= 4 is 58.3 Å². The first-order valence-electron chi connectivity index (χ1n) is 6.22.